The Kier molecular flexibility index (Phi) is 7.05. The molecule has 10 nitrogen and oxygen atoms in total. The Morgan fingerprint density at radius 2 is 1.90 bits per heavy atom. The number of hydrogen-bond acceptors (Lipinski definition) is 6. The fourth-order valence-electron chi connectivity index (χ4n) is 3.18. The molecule has 31 heavy (non-hydrogen) atoms. The second-order valence-electron chi connectivity index (χ2n) is 6.94. The van der Waals surface area contributed by atoms with Crippen molar-refractivity contribution in [3.63, 3.8) is 0 Å². The largest absolute Gasteiger partial charge is 0.480 e. The molecule has 0 fully saturated rings. The van der Waals surface area contributed by atoms with Crippen molar-refractivity contribution in [2.24, 2.45) is 0 Å². The molecule has 0 saturated carbocycles. The number of fused-ring (bicyclic) bond motifs is 1. The summed E-state index contributed by atoms with van der Waals surface area (Å²) in [7, 11) is 0. The van der Waals surface area contributed by atoms with Gasteiger partial charge in [-0.15, -0.1) is 0 Å². The van der Waals surface area contributed by atoms with Crippen molar-refractivity contribution in [3.8, 4) is 0 Å². The van der Waals surface area contributed by atoms with Crippen LogP contribution < -0.4 is 16.6 Å². The number of aromatic nitrogens is 3. The highest BCUT2D eigenvalue weighted by Crippen LogP contribution is 2.16. The number of nitrogens with zero attached hydrogens (tertiary/aromatic N) is 1. The third-order valence-electron chi connectivity index (χ3n) is 4.77. The molecule has 0 aliphatic heterocycles. The number of nitrogens with one attached hydrogen (secondary N) is 3. The first-order valence-corrected chi connectivity index (χ1v) is 10.5. The normalized spacial score (nSPS) is 11.9. The highest BCUT2D eigenvalue weighted by Gasteiger charge is 2.21. The zero-order valence-corrected chi connectivity index (χ0v) is 18.4. The number of carboxylic acids is 1. The molecule has 2 aromatic heterocycles. The van der Waals surface area contributed by atoms with Crippen molar-refractivity contribution < 1.29 is 19.5 Å². The predicted molar refractivity (Wildman–Crippen MR) is 122 cm³/mol. The Morgan fingerprint density at radius 1 is 1.19 bits per heavy atom. The van der Waals surface area contributed by atoms with Crippen molar-refractivity contribution in [3.05, 3.63) is 57.5 Å². The van der Waals surface area contributed by atoms with Crippen LogP contribution in [0.15, 0.2) is 35.3 Å². The molecule has 0 bridgehead atoms. The maximum Gasteiger partial charge on any atom is 0.326 e. The van der Waals surface area contributed by atoms with Gasteiger partial charge in [0.15, 0.2) is 3.79 Å². The Hall–Kier alpha value is -3.22. The van der Waals surface area contributed by atoms with E-state index < -0.39 is 17.9 Å². The zero-order valence-electron chi connectivity index (χ0n) is 16.3. The number of amides is 1. The molecule has 0 aliphatic rings. The molecule has 0 unspecified atom stereocenters. The fourth-order valence-corrected chi connectivity index (χ4v) is 3.49. The van der Waals surface area contributed by atoms with Gasteiger partial charge >= 0.3 is 5.97 Å². The van der Waals surface area contributed by atoms with E-state index >= 15 is 0 Å². The average molecular weight is 537 g/mol. The number of benzene rings is 1. The summed E-state index contributed by atoms with van der Waals surface area (Å²) < 4.78 is -0.168. The van der Waals surface area contributed by atoms with E-state index in [2.05, 4.69) is 20.3 Å². The van der Waals surface area contributed by atoms with Crippen LogP contribution in [0.5, 0.6) is 0 Å². The molecule has 11 heteroatoms. The van der Waals surface area contributed by atoms with E-state index in [1.165, 1.54) is 0 Å². The number of carboxylic acid groups (broad SMARTS) is 1. The van der Waals surface area contributed by atoms with Gasteiger partial charge in [0.25, 0.3) is 11.5 Å². The number of nitrogens with two attached hydrogens (primary N) is 1. The number of rotatable bonds is 9. The lowest BCUT2D eigenvalue weighted by Gasteiger charge is -2.13. The molecule has 6 N–H and O–H groups in total. The number of aliphatic carboxylic acids is 1. The number of anilines is 1. The van der Waals surface area contributed by atoms with Gasteiger partial charge in [0.1, 0.15) is 11.7 Å². The van der Waals surface area contributed by atoms with Crippen molar-refractivity contribution in [1.82, 2.24) is 20.3 Å². The fraction of sp³-hybridized carbons (Fsp3) is 0.250. The predicted octanol–water partition coefficient (Wildman–Crippen LogP) is 1.54. The van der Waals surface area contributed by atoms with Gasteiger partial charge in [-0.3, -0.25) is 19.4 Å². The number of nitrogen functional groups attached to an aromatic ring is 1. The van der Waals surface area contributed by atoms with Crippen LogP contribution in [-0.4, -0.2) is 41.8 Å². The Morgan fingerprint density at radius 3 is 2.55 bits per heavy atom. The van der Waals surface area contributed by atoms with Gasteiger partial charge in [0, 0.05) is 18.2 Å². The first-order chi connectivity index (χ1) is 14.7. The number of carbonyl (C=O) groups is 3. The van der Waals surface area contributed by atoms with Crippen LogP contribution in [0.2, 0.25) is 0 Å². The summed E-state index contributed by atoms with van der Waals surface area (Å²) in [6.45, 7) is 0. The summed E-state index contributed by atoms with van der Waals surface area (Å²) in [4.78, 5) is 56.3. The summed E-state index contributed by atoms with van der Waals surface area (Å²) in [6.07, 6.45) is 3.02. The van der Waals surface area contributed by atoms with Gasteiger partial charge in [-0.1, -0.05) is 12.1 Å². The lowest BCUT2D eigenvalue weighted by Crippen LogP contribution is -2.40. The van der Waals surface area contributed by atoms with E-state index in [4.69, 9.17) is 5.73 Å². The van der Waals surface area contributed by atoms with Crippen LogP contribution in [-0.2, 0) is 22.4 Å². The minimum absolute atomic E-state index is 0.0329. The van der Waals surface area contributed by atoms with Crippen molar-refractivity contribution >= 4 is 55.2 Å². The van der Waals surface area contributed by atoms with E-state index in [0.29, 0.717) is 29.4 Å². The Balaban J connectivity index is 1.64. The summed E-state index contributed by atoms with van der Waals surface area (Å²) in [5, 5.41) is 12.1. The molecular formula is C20H20IN5O5. The van der Waals surface area contributed by atoms with Crippen LogP contribution in [0.3, 0.4) is 0 Å². The van der Waals surface area contributed by atoms with Gasteiger partial charge in [0.05, 0.1) is 5.39 Å². The standard InChI is InChI=1S/C20H20IN5O5/c21-14(27)8-7-13(19(30)31)24-17(28)11-4-1-10(2-5-11)3-6-12-9-23-16-15(12)18(29)26-20(22)25-16/h1-2,4-5,9,13H,3,6-8H2,(H,24,28)(H,30,31)(H4,22,23,25,26,29)/t13-/m0/s1. The summed E-state index contributed by atoms with van der Waals surface area (Å²) in [5.41, 5.74) is 7.74. The van der Waals surface area contributed by atoms with Crippen molar-refractivity contribution in [2.45, 2.75) is 31.7 Å². The minimum atomic E-state index is -1.19. The average Bonchev–Trinajstić information content (AvgIpc) is 3.12. The van der Waals surface area contributed by atoms with Gasteiger partial charge in [-0.05, 0) is 65.1 Å². The zero-order chi connectivity index (χ0) is 22.5. The van der Waals surface area contributed by atoms with Crippen LogP contribution in [0.1, 0.15) is 34.3 Å². The maximum absolute atomic E-state index is 12.4. The molecule has 1 atom stereocenters. The highest BCUT2D eigenvalue weighted by atomic mass is 127. The number of hydrogen-bond donors (Lipinski definition) is 5. The van der Waals surface area contributed by atoms with E-state index in [0.717, 1.165) is 11.1 Å². The molecule has 1 amide bonds. The Bertz CT molecular complexity index is 1180. The number of aromatic amines is 2. The molecule has 0 spiro atoms. The Labute approximate surface area is 189 Å². The number of aryl methyl sites for hydroxylation is 2. The molecule has 0 radical (unpaired) electrons. The van der Waals surface area contributed by atoms with E-state index in [1.807, 2.05) is 0 Å². The van der Waals surface area contributed by atoms with E-state index in [9.17, 15) is 24.3 Å². The number of halogens is 1. The topological polar surface area (TPSA) is 171 Å². The molecule has 0 saturated heterocycles. The first-order valence-electron chi connectivity index (χ1n) is 9.41. The minimum Gasteiger partial charge on any atom is -0.480 e. The number of carbonyl (C=O) groups excluding carboxylic acids is 2. The van der Waals surface area contributed by atoms with Crippen LogP contribution >= 0.6 is 22.6 Å². The monoisotopic (exact) mass is 537 g/mol. The van der Waals surface area contributed by atoms with Crippen molar-refractivity contribution in [2.75, 3.05) is 5.73 Å². The highest BCUT2D eigenvalue weighted by molar-refractivity contribution is 14.1. The van der Waals surface area contributed by atoms with Gasteiger partial charge in [-0.2, -0.15) is 4.98 Å². The summed E-state index contributed by atoms with van der Waals surface area (Å²) >= 11 is 1.59. The van der Waals surface area contributed by atoms with E-state index in [1.54, 1.807) is 53.1 Å². The quantitative estimate of drug-likeness (QED) is 0.204. The summed E-state index contributed by atoms with van der Waals surface area (Å²) in [6, 6.07) is 5.63. The second kappa shape index (κ2) is 9.73. The van der Waals surface area contributed by atoms with Crippen LogP contribution in [0.25, 0.3) is 11.0 Å². The van der Waals surface area contributed by atoms with Gasteiger partial charge in [-0.25, -0.2) is 4.79 Å². The van der Waals surface area contributed by atoms with Gasteiger partial charge in [0.2, 0.25) is 5.95 Å². The molecule has 1 aromatic carbocycles. The third kappa shape index (κ3) is 5.69. The molecular weight excluding hydrogens is 517 g/mol. The maximum atomic E-state index is 12.4. The summed E-state index contributed by atoms with van der Waals surface area (Å²) in [5.74, 6) is -1.66. The SMILES string of the molecule is Nc1nc2[nH]cc(CCc3ccc(C(=O)N[C@@H](CCC(=O)I)C(=O)O)cc3)c2c(=O)[nH]1. The smallest absolute Gasteiger partial charge is 0.326 e. The molecule has 3 aromatic rings. The lowest BCUT2D eigenvalue weighted by atomic mass is 10.0. The first kappa shape index (κ1) is 22.5. The molecule has 3 rings (SSSR count). The lowest BCUT2D eigenvalue weighted by molar-refractivity contribution is -0.139. The van der Waals surface area contributed by atoms with E-state index in [-0.39, 0.29) is 28.1 Å². The van der Waals surface area contributed by atoms with Crippen molar-refractivity contribution in [1.29, 1.82) is 0 Å². The molecule has 0 aliphatic carbocycles. The molecule has 162 valence electrons. The van der Waals surface area contributed by atoms with Gasteiger partial charge < -0.3 is 21.1 Å². The number of H-pyrrole nitrogens is 2. The second-order valence-corrected chi connectivity index (χ2v) is 8.15. The van der Waals surface area contributed by atoms with Crippen LogP contribution in [0, 0.1) is 0 Å². The third-order valence-corrected chi connectivity index (χ3v) is 5.31. The molecule has 2 heterocycles. The van der Waals surface area contributed by atoms with Crippen LogP contribution in [0.4, 0.5) is 5.95 Å².